The van der Waals surface area contributed by atoms with Gasteiger partial charge in [-0.05, 0) is 31.1 Å². The Morgan fingerprint density at radius 1 is 1.25 bits per heavy atom. The SMILES string of the molecule is CC(C)[C@@H]1CC[C@@H](C)CCN1N. The van der Waals surface area contributed by atoms with Gasteiger partial charge in [0.05, 0.1) is 0 Å². The van der Waals surface area contributed by atoms with Gasteiger partial charge in [0.1, 0.15) is 0 Å². The van der Waals surface area contributed by atoms with Gasteiger partial charge in [-0.3, -0.25) is 5.84 Å². The van der Waals surface area contributed by atoms with Crippen molar-refractivity contribution in [3.8, 4) is 0 Å². The van der Waals surface area contributed by atoms with Crippen LogP contribution >= 0.6 is 0 Å². The fourth-order valence-electron chi connectivity index (χ4n) is 2.02. The van der Waals surface area contributed by atoms with Gasteiger partial charge in [-0.2, -0.15) is 0 Å². The summed E-state index contributed by atoms with van der Waals surface area (Å²) >= 11 is 0. The number of hydrogen-bond acceptors (Lipinski definition) is 2. The minimum Gasteiger partial charge on any atom is -0.269 e. The van der Waals surface area contributed by atoms with Crippen LogP contribution in [0.15, 0.2) is 0 Å². The molecular weight excluding hydrogens is 148 g/mol. The molecule has 1 fully saturated rings. The second-order valence-electron chi connectivity index (χ2n) is 4.52. The van der Waals surface area contributed by atoms with E-state index in [1.54, 1.807) is 0 Å². The monoisotopic (exact) mass is 170 g/mol. The average Bonchev–Trinajstić information content (AvgIpc) is 2.14. The van der Waals surface area contributed by atoms with E-state index in [9.17, 15) is 0 Å². The average molecular weight is 170 g/mol. The maximum absolute atomic E-state index is 5.98. The molecule has 2 heteroatoms. The molecule has 0 amide bonds. The normalized spacial score (nSPS) is 33.8. The minimum absolute atomic E-state index is 0.606. The second-order valence-corrected chi connectivity index (χ2v) is 4.52. The van der Waals surface area contributed by atoms with Crippen molar-refractivity contribution >= 4 is 0 Å². The molecule has 2 nitrogen and oxygen atoms in total. The van der Waals surface area contributed by atoms with E-state index in [1.165, 1.54) is 19.3 Å². The van der Waals surface area contributed by atoms with E-state index in [-0.39, 0.29) is 0 Å². The van der Waals surface area contributed by atoms with Crippen LogP contribution in [0.1, 0.15) is 40.0 Å². The van der Waals surface area contributed by atoms with Crippen molar-refractivity contribution in [3.63, 3.8) is 0 Å². The maximum Gasteiger partial charge on any atom is 0.0264 e. The van der Waals surface area contributed by atoms with Crippen molar-refractivity contribution in [2.75, 3.05) is 6.54 Å². The molecule has 0 bridgehead atoms. The Bertz CT molecular complexity index is 134. The van der Waals surface area contributed by atoms with Crippen molar-refractivity contribution in [1.29, 1.82) is 0 Å². The van der Waals surface area contributed by atoms with Crippen LogP contribution in [0.4, 0.5) is 0 Å². The van der Waals surface area contributed by atoms with Gasteiger partial charge < -0.3 is 0 Å². The first-order valence-electron chi connectivity index (χ1n) is 5.12. The topological polar surface area (TPSA) is 29.3 Å². The molecule has 12 heavy (non-hydrogen) atoms. The number of nitrogens with zero attached hydrogens (tertiary/aromatic N) is 1. The van der Waals surface area contributed by atoms with Gasteiger partial charge in [0, 0.05) is 12.6 Å². The highest BCUT2D eigenvalue weighted by atomic mass is 15.4. The Kier molecular flexibility index (Phi) is 3.53. The molecule has 0 aliphatic carbocycles. The molecule has 1 saturated heterocycles. The van der Waals surface area contributed by atoms with Crippen LogP contribution in [0.3, 0.4) is 0 Å². The predicted molar refractivity (Wildman–Crippen MR) is 52.5 cm³/mol. The van der Waals surface area contributed by atoms with Crippen molar-refractivity contribution < 1.29 is 0 Å². The lowest BCUT2D eigenvalue weighted by Gasteiger charge is -2.28. The molecule has 2 atom stereocenters. The van der Waals surface area contributed by atoms with E-state index in [1.807, 2.05) is 5.01 Å². The standard InChI is InChI=1S/C10H22N2/c1-8(2)10-5-4-9(3)6-7-12(10)11/h8-10H,4-7,11H2,1-3H3/t9-,10+/m1/s1. The van der Waals surface area contributed by atoms with Gasteiger partial charge in [-0.1, -0.05) is 20.8 Å². The third-order valence-corrected chi connectivity index (χ3v) is 3.03. The van der Waals surface area contributed by atoms with E-state index in [2.05, 4.69) is 20.8 Å². The zero-order valence-corrected chi connectivity index (χ0v) is 8.59. The molecule has 1 aliphatic heterocycles. The van der Waals surface area contributed by atoms with Gasteiger partial charge >= 0.3 is 0 Å². The Morgan fingerprint density at radius 2 is 1.92 bits per heavy atom. The molecule has 0 unspecified atom stereocenters. The van der Waals surface area contributed by atoms with Crippen molar-refractivity contribution in [3.05, 3.63) is 0 Å². The first-order chi connectivity index (χ1) is 5.61. The number of hydrazine groups is 1. The lowest BCUT2D eigenvalue weighted by atomic mass is 9.96. The van der Waals surface area contributed by atoms with Crippen LogP contribution in [0, 0.1) is 11.8 Å². The van der Waals surface area contributed by atoms with E-state index in [4.69, 9.17) is 5.84 Å². The number of rotatable bonds is 1. The summed E-state index contributed by atoms with van der Waals surface area (Å²) in [5, 5.41) is 2.05. The van der Waals surface area contributed by atoms with Gasteiger partial charge in [-0.25, -0.2) is 5.01 Å². The third kappa shape index (κ3) is 2.46. The molecule has 0 saturated carbocycles. The van der Waals surface area contributed by atoms with Crippen molar-refractivity contribution in [2.24, 2.45) is 17.7 Å². The highest BCUT2D eigenvalue weighted by Crippen LogP contribution is 2.23. The van der Waals surface area contributed by atoms with Crippen LogP contribution in [-0.2, 0) is 0 Å². The summed E-state index contributed by atoms with van der Waals surface area (Å²) in [6, 6.07) is 0.606. The fraction of sp³-hybridized carbons (Fsp3) is 1.00. The van der Waals surface area contributed by atoms with Gasteiger partial charge in [0.15, 0.2) is 0 Å². The summed E-state index contributed by atoms with van der Waals surface area (Å²) in [4.78, 5) is 0. The third-order valence-electron chi connectivity index (χ3n) is 3.03. The van der Waals surface area contributed by atoms with Crippen LogP contribution in [-0.4, -0.2) is 17.6 Å². The summed E-state index contributed by atoms with van der Waals surface area (Å²) in [7, 11) is 0. The van der Waals surface area contributed by atoms with E-state index >= 15 is 0 Å². The summed E-state index contributed by atoms with van der Waals surface area (Å²) < 4.78 is 0. The van der Waals surface area contributed by atoms with Crippen molar-refractivity contribution in [1.82, 2.24) is 5.01 Å². The van der Waals surface area contributed by atoms with Crippen LogP contribution in [0.5, 0.6) is 0 Å². The largest absolute Gasteiger partial charge is 0.269 e. The molecule has 72 valence electrons. The first kappa shape index (κ1) is 10.0. The molecule has 1 rings (SSSR count). The van der Waals surface area contributed by atoms with Gasteiger partial charge in [0.25, 0.3) is 0 Å². The molecule has 0 spiro atoms. The zero-order chi connectivity index (χ0) is 9.14. The zero-order valence-electron chi connectivity index (χ0n) is 8.59. The van der Waals surface area contributed by atoms with Gasteiger partial charge in [0.2, 0.25) is 0 Å². The molecule has 0 radical (unpaired) electrons. The van der Waals surface area contributed by atoms with Gasteiger partial charge in [-0.15, -0.1) is 0 Å². The second kappa shape index (κ2) is 4.24. The van der Waals surface area contributed by atoms with Crippen LogP contribution in [0.2, 0.25) is 0 Å². The quantitative estimate of drug-likeness (QED) is 0.610. The molecule has 0 aromatic heterocycles. The summed E-state index contributed by atoms with van der Waals surface area (Å²) in [5.74, 6) is 7.53. The number of nitrogens with two attached hydrogens (primary N) is 1. The molecule has 0 aromatic rings. The number of hydrogen-bond donors (Lipinski definition) is 1. The fourth-order valence-corrected chi connectivity index (χ4v) is 2.02. The Hall–Kier alpha value is -0.0800. The van der Waals surface area contributed by atoms with E-state index in [0.29, 0.717) is 12.0 Å². The summed E-state index contributed by atoms with van der Waals surface area (Å²) in [5.41, 5.74) is 0. The highest BCUT2D eigenvalue weighted by molar-refractivity contribution is 4.76. The van der Waals surface area contributed by atoms with Crippen LogP contribution < -0.4 is 5.84 Å². The molecular formula is C10H22N2. The van der Waals surface area contributed by atoms with Crippen LogP contribution in [0.25, 0.3) is 0 Å². The summed E-state index contributed by atoms with van der Waals surface area (Å²) in [6.45, 7) is 7.93. The molecule has 2 N–H and O–H groups in total. The highest BCUT2D eigenvalue weighted by Gasteiger charge is 2.23. The Labute approximate surface area is 76.1 Å². The first-order valence-corrected chi connectivity index (χ1v) is 5.12. The Balaban J connectivity index is 2.50. The van der Waals surface area contributed by atoms with E-state index < -0.39 is 0 Å². The molecule has 1 aliphatic rings. The lowest BCUT2D eigenvalue weighted by Crippen LogP contribution is -2.43. The minimum atomic E-state index is 0.606. The van der Waals surface area contributed by atoms with Crippen molar-refractivity contribution in [2.45, 2.75) is 46.1 Å². The predicted octanol–water partition coefficient (Wildman–Crippen LogP) is 2.01. The Morgan fingerprint density at radius 3 is 2.50 bits per heavy atom. The smallest absolute Gasteiger partial charge is 0.0264 e. The van der Waals surface area contributed by atoms with E-state index in [0.717, 1.165) is 12.5 Å². The summed E-state index contributed by atoms with van der Waals surface area (Å²) in [6.07, 6.45) is 3.88. The molecule has 0 aromatic carbocycles. The maximum atomic E-state index is 5.98. The molecule has 1 heterocycles. The lowest BCUT2D eigenvalue weighted by molar-refractivity contribution is 0.160.